The van der Waals surface area contributed by atoms with E-state index in [4.69, 9.17) is 9.79 Å². The number of carbonyl (C=O) groups excluding carboxylic acids is 1. The summed E-state index contributed by atoms with van der Waals surface area (Å²) in [6, 6.07) is 10.3. The summed E-state index contributed by atoms with van der Waals surface area (Å²) in [4.78, 5) is 53.7. The fraction of sp³-hybridized carbons (Fsp3) is 0.200. The molecule has 0 saturated heterocycles. The van der Waals surface area contributed by atoms with E-state index in [1.807, 2.05) is 13.8 Å². The number of aromatic nitrogens is 3. The Hall–Kier alpha value is -3.13. The summed E-state index contributed by atoms with van der Waals surface area (Å²) in [5.41, 5.74) is 0.348. The second-order valence-electron chi connectivity index (χ2n) is 6.02. The Labute approximate surface area is 173 Å². The van der Waals surface area contributed by atoms with Crippen molar-refractivity contribution in [2.45, 2.75) is 26.8 Å². The van der Waals surface area contributed by atoms with Crippen LogP contribution in [0.25, 0.3) is 11.5 Å². The third-order valence-corrected chi connectivity index (χ3v) is 5.00. The molecule has 9 nitrogen and oxygen atoms in total. The lowest BCUT2D eigenvalue weighted by Gasteiger charge is -2.15. The van der Waals surface area contributed by atoms with Gasteiger partial charge in [0.05, 0.1) is 11.3 Å². The quantitative estimate of drug-likeness (QED) is 0.454. The van der Waals surface area contributed by atoms with Gasteiger partial charge in [0.2, 0.25) is 0 Å². The number of nitrogens with zero attached hydrogens (tertiary/aromatic N) is 2. The molecule has 10 heteroatoms. The SMILES string of the molecule is CC.CC(NC(=O)c1cnc(-c2ccccn2)[nH]c1=O)c1ccc(P(=O)(O)O)cc1. The number of carbonyl (C=O) groups is 1. The van der Waals surface area contributed by atoms with E-state index < -0.39 is 25.1 Å². The van der Waals surface area contributed by atoms with Gasteiger partial charge in [-0.1, -0.05) is 32.0 Å². The van der Waals surface area contributed by atoms with Gasteiger partial charge >= 0.3 is 7.60 Å². The molecule has 30 heavy (non-hydrogen) atoms. The number of benzene rings is 1. The monoisotopic (exact) mass is 430 g/mol. The first kappa shape index (κ1) is 23.2. The van der Waals surface area contributed by atoms with Gasteiger partial charge in [0.1, 0.15) is 11.3 Å². The molecule has 0 bridgehead atoms. The highest BCUT2D eigenvalue weighted by molar-refractivity contribution is 7.60. The van der Waals surface area contributed by atoms with Crippen molar-refractivity contribution in [1.29, 1.82) is 0 Å². The van der Waals surface area contributed by atoms with Crippen LogP contribution in [-0.4, -0.2) is 30.6 Å². The van der Waals surface area contributed by atoms with Crippen molar-refractivity contribution in [3.63, 3.8) is 0 Å². The van der Waals surface area contributed by atoms with Gasteiger partial charge < -0.3 is 20.1 Å². The minimum atomic E-state index is -4.33. The minimum Gasteiger partial charge on any atom is -0.345 e. The number of pyridine rings is 1. The van der Waals surface area contributed by atoms with Crippen LogP contribution in [0.5, 0.6) is 0 Å². The normalized spacial score (nSPS) is 11.8. The first-order valence-corrected chi connectivity index (χ1v) is 10.8. The van der Waals surface area contributed by atoms with Gasteiger partial charge in [-0.2, -0.15) is 0 Å². The molecule has 158 valence electrons. The smallest absolute Gasteiger partial charge is 0.345 e. The van der Waals surface area contributed by atoms with Crippen LogP contribution < -0.4 is 16.2 Å². The van der Waals surface area contributed by atoms with Gasteiger partial charge in [-0.25, -0.2) is 4.98 Å². The molecular weight excluding hydrogens is 407 g/mol. The topological polar surface area (TPSA) is 145 Å². The first-order valence-electron chi connectivity index (χ1n) is 9.23. The first-order chi connectivity index (χ1) is 14.3. The zero-order chi connectivity index (χ0) is 22.3. The predicted molar refractivity (Wildman–Crippen MR) is 113 cm³/mol. The number of aromatic amines is 1. The molecule has 0 saturated carbocycles. The average molecular weight is 430 g/mol. The second kappa shape index (κ2) is 10.1. The van der Waals surface area contributed by atoms with Crippen molar-refractivity contribution in [2.24, 2.45) is 0 Å². The largest absolute Gasteiger partial charge is 0.356 e. The van der Waals surface area contributed by atoms with E-state index in [1.165, 1.54) is 30.5 Å². The van der Waals surface area contributed by atoms with Gasteiger partial charge in [-0.3, -0.25) is 19.1 Å². The zero-order valence-electron chi connectivity index (χ0n) is 16.7. The molecule has 2 aromatic heterocycles. The number of hydrogen-bond donors (Lipinski definition) is 4. The van der Waals surface area contributed by atoms with Crippen LogP contribution in [0.15, 0.2) is 59.7 Å². The van der Waals surface area contributed by atoms with Crippen LogP contribution in [0.3, 0.4) is 0 Å². The summed E-state index contributed by atoms with van der Waals surface area (Å²) in [5.74, 6) is -0.365. The molecule has 4 N–H and O–H groups in total. The molecule has 0 aliphatic rings. The van der Waals surface area contributed by atoms with E-state index >= 15 is 0 Å². The maximum atomic E-state index is 12.4. The van der Waals surface area contributed by atoms with Crippen molar-refractivity contribution in [3.05, 3.63) is 76.3 Å². The lowest BCUT2D eigenvalue weighted by Crippen LogP contribution is -2.32. The van der Waals surface area contributed by atoms with Crippen molar-refractivity contribution in [3.8, 4) is 11.5 Å². The fourth-order valence-corrected chi connectivity index (χ4v) is 3.04. The molecule has 1 atom stereocenters. The van der Waals surface area contributed by atoms with E-state index in [-0.39, 0.29) is 16.7 Å². The molecule has 3 aromatic rings. The summed E-state index contributed by atoms with van der Waals surface area (Å²) >= 11 is 0. The average Bonchev–Trinajstić information content (AvgIpc) is 2.75. The minimum absolute atomic E-state index is 0.111. The third-order valence-electron chi connectivity index (χ3n) is 4.03. The molecule has 0 radical (unpaired) electrons. The Morgan fingerprint density at radius 2 is 1.77 bits per heavy atom. The molecule has 0 aliphatic heterocycles. The highest BCUT2D eigenvalue weighted by atomic mass is 31.2. The Balaban J connectivity index is 0.00000155. The van der Waals surface area contributed by atoms with Crippen LogP contribution in [0, 0.1) is 0 Å². The third kappa shape index (κ3) is 5.70. The van der Waals surface area contributed by atoms with E-state index in [1.54, 1.807) is 31.3 Å². The van der Waals surface area contributed by atoms with Crippen LogP contribution in [0.4, 0.5) is 0 Å². The molecule has 1 amide bonds. The number of H-pyrrole nitrogens is 1. The van der Waals surface area contributed by atoms with Crippen molar-refractivity contribution in [1.82, 2.24) is 20.3 Å². The maximum absolute atomic E-state index is 12.4. The molecule has 2 heterocycles. The predicted octanol–water partition coefficient (Wildman–Crippen LogP) is 2.15. The number of rotatable bonds is 5. The molecule has 0 fully saturated rings. The van der Waals surface area contributed by atoms with Gasteiger partial charge in [-0.05, 0) is 36.8 Å². The fourth-order valence-electron chi connectivity index (χ4n) is 2.50. The van der Waals surface area contributed by atoms with Crippen molar-refractivity contribution in [2.75, 3.05) is 0 Å². The van der Waals surface area contributed by atoms with E-state index in [2.05, 4.69) is 20.3 Å². The summed E-state index contributed by atoms with van der Waals surface area (Å²) in [6.07, 6.45) is 2.75. The van der Waals surface area contributed by atoms with E-state index in [0.29, 0.717) is 11.3 Å². The van der Waals surface area contributed by atoms with Crippen LogP contribution in [0.1, 0.15) is 42.7 Å². The Kier molecular flexibility index (Phi) is 7.77. The maximum Gasteiger partial charge on any atom is 0.356 e. The second-order valence-corrected chi connectivity index (χ2v) is 7.62. The van der Waals surface area contributed by atoms with E-state index in [9.17, 15) is 14.2 Å². The van der Waals surface area contributed by atoms with Gasteiger partial charge in [-0.15, -0.1) is 0 Å². The summed E-state index contributed by atoms with van der Waals surface area (Å²) in [5, 5.41) is 2.55. The summed E-state index contributed by atoms with van der Waals surface area (Å²) in [6.45, 7) is 5.69. The Morgan fingerprint density at radius 1 is 1.10 bits per heavy atom. The molecule has 1 aromatic carbocycles. The molecule has 1 unspecified atom stereocenters. The molecule has 0 spiro atoms. The highest BCUT2D eigenvalue weighted by Gasteiger charge is 2.19. The van der Waals surface area contributed by atoms with Gasteiger partial charge in [0, 0.05) is 12.4 Å². The summed E-state index contributed by atoms with van der Waals surface area (Å²) in [7, 11) is -4.33. The summed E-state index contributed by atoms with van der Waals surface area (Å²) < 4.78 is 11.2. The lowest BCUT2D eigenvalue weighted by molar-refractivity contribution is 0.0938. The number of hydrogen-bond acceptors (Lipinski definition) is 5. The van der Waals surface area contributed by atoms with Gasteiger partial charge in [0.15, 0.2) is 5.82 Å². The molecule has 3 rings (SSSR count). The van der Waals surface area contributed by atoms with Crippen molar-refractivity contribution >= 4 is 18.8 Å². The van der Waals surface area contributed by atoms with Crippen molar-refractivity contribution < 1.29 is 19.1 Å². The number of amides is 1. The lowest BCUT2D eigenvalue weighted by atomic mass is 10.1. The zero-order valence-corrected chi connectivity index (χ0v) is 17.6. The molecular formula is C20H23N4O5P. The van der Waals surface area contributed by atoms with Crippen LogP contribution in [-0.2, 0) is 4.57 Å². The van der Waals surface area contributed by atoms with E-state index in [0.717, 1.165) is 0 Å². The van der Waals surface area contributed by atoms with Crippen LogP contribution in [0.2, 0.25) is 0 Å². The Morgan fingerprint density at radius 3 is 2.30 bits per heavy atom. The Bertz CT molecular complexity index is 1090. The highest BCUT2D eigenvalue weighted by Crippen LogP contribution is 2.33. The van der Waals surface area contributed by atoms with Crippen LogP contribution >= 0.6 is 7.60 Å². The number of nitrogens with one attached hydrogen (secondary N) is 2. The molecule has 0 aliphatic carbocycles. The van der Waals surface area contributed by atoms with Gasteiger partial charge in [0.25, 0.3) is 11.5 Å². The standard InChI is InChI=1S/C18H17N4O5P.C2H6/c1-11(12-5-7-13(8-6-12)28(25,26)27)21-17(23)14-10-20-16(22-18(14)24)15-4-2-3-9-19-15;1-2/h2-11H,1H3,(H,21,23)(H,20,22,24)(H2,25,26,27);1-2H3.